The van der Waals surface area contributed by atoms with E-state index in [2.05, 4.69) is 10.3 Å². The number of hydrogen-bond donors (Lipinski definition) is 0. The highest BCUT2D eigenvalue weighted by Gasteiger charge is 2.19. The van der Waals surface area contributed by atoms with Crippen LogP contribution in [0.15, 0.2) is 41.3 Å². The molecule has 27 heavy (non-hydrogen) atoms. The molecule has 9 heteroatoms. The first-order valence-corrected chi connectivity index (χ1v) is 9.84. The van der Waals surface area contributed by atoms with Gasteiger partial charge in [-0.25, -0.2) is 12.7 Å². The number of benzene rings is 2. The molecule has 0 aliphatic rings. The van der Waals surface area contributed by atoms with Crippen LogP contribution in [0.5, 0.6) is 5.75 Å². The van der Waals surface area contributed by atoms with Gasteiger partial charge in [0, 0.05) is 14.1 Å². The van der Waals surface area contributed by atoms with E-state index in [1.165, 1.54) is 31.1 Å². The van der Waals surface area contributed by atoms with Crippen LogP contribution in [0.25, 0.3) is 11.0 Å². The number of hydrogen-bond acceptors (Lipinski definition) is 6. The average Bonchev–Trinajstić information content (AvgIpc) is 3.03. The molecular weight excluding hydrogens is 368 g/mol. The minimum atomic E-state index is -3.55. The smallest absolute Gasteiger partial charge is 0.242 e. The summed E-state index contributed by atoms with van der Waals surface area (Å²) in [5.41, 5.74) is 3.19. The standard InChI is InChI=1S/C18H22N4O4S/c1-13-5-6-14(2)18(11-13)25-9-10-26-22-17-12-15(27(23,24)21(3)4)7-8-16(17)19-20-22/h5-8,11-12H,9-10H2,1-4H3. The predicted molar refractivity (Wildman–Crippen MR) is 101 cm³/mol. The van der Waals surface area contributed by atoms with E-state index in [0.717, 1.165) is 21.2 Å². The lowest BCUT2D eigenvalue weighted by Crippen LogP contribution is -2.22. The largest absolute Gasteiger partial charge is 0.490 e. The maximum atomic E-state index is 12.3. The van der Waals surface area contributed by atoms with Gasteiger partial charge in [-0.3, -0.25) is 0 Å². The van der Waals surface area contributed by atoms with Gasteiger partial charge in [-0.15, -0.1) is 5.10 Å². The van der Waals surface area contributed by atoms with Crippen molar-refractivity contribution in [3.05, 3.63) is 47.5 Å². The van der Waals surface area contributed by atoms with Crippen LogP contribution in [0.1, 0.15) is 11.1 Å². The second kappa shape index (κ2) is 7.53. The average molecular weight is 390 g/mol. The molecule has 0 aliphatic heterocycles. The second-order valence-corrected chi connectivity index (χ2v) is 8.50. The number of ether oxygens (including phenoxy) is 1. The number of sulfonamides is 1. The number of fused-ring (bicyclic) bond motifs is 1. The van der Waals surface area contributed by atoms with Crippen molar-refractivity contribution in [2.75, 3.05) is 27.3 Å². The van der Waals surface area contributed by atoms with Crippen LogP contribution in [0.4, 0.5) is 0 Å². The van der Waals surface area contributed by atoms with Crippen molar-refractivity contribution in [2.24, 2.45) is 0 Å². The molecule has 0 saturated heterocycles. The molecule has 1 aromatic heterocycles. The Bertz CT molecular complexity index is 1060. The Hall–Kier alpha value is -2.65. The van der Waals surface area contributed by atoms with E-state index in [-0.39, 0.29) is 11.5 Å². The van der Waals surface area contributed by atoms with E-state index in [0.29, 0.717) is 17.6 Å². The highest BCUT2D eigenvalue weighted by molar-refractivity contribution is 7.89. The van der Waals surface area contributed by atoms with Crippen LogP contribution in [0.2, 0.25) is 0 Å². The maximum Gasteiger partial charge on any atom is 0.242 e. The number of nitrogens with zero attached hydrogens (tertiary/aromatic N) is 4. The van der Waals surface area contributed by atoms with Gasteiger partial charge in [-0.1, -0.05) is 17.0 Å². The highest BCUT2D eigenvalue weighted by Crippen LogP contribution is 2.20. The van der Waals surface area contributed by atoms with Crippen molar-refractivity contribution in [2.45, 2.75) is 18.7 Å². The van der Waals surface area contributed by atoms with Crippen molar-refractivity contribution < 1.29 is 18.0 Å². The van der Waals surface area contributed by atoms with Gasteiger partial charge in [0.1, 0.15) is 23.4 Å². The van der Waals surface area contributed by atoms with Gasteiger partial charge >= 0.3 is 0 Å². The first kappa shape index (κ1) is 19.1. The fourth-order valence-corrected chi connectivity index (χ4v) is 3.41. The minimum Gasteiger partial charge on any atom is -0.490 e. The molecule has 3 rings (SSSR count). The normalized spacial score (nSPS) is 11.9. The van der Waals surface area contributed by atoms with Crippen LogP contribution >= 0.6 is 0 Å². The zero-order valence-corrected chi connectivity index (χ0v) is 16.5. The van der Waals surface area contributed by atoms with Gasteiger partial charge in [0.25, 0.3) is 0 Å². The molecule has 1 heterocycles. The van der Waals surface area contributed by atoms with Crippen LogP contribution < -0.4 is 9.57 Å². The molecule has 3 aromatic rings. The summed E-state index contributed by atoms with van der Waals surface area (Å²) in [6.45, 7) is 4.54. The Balaban J connectivity index is 1.71. The quantitative estimate of drug-likeness (QED) is 0.572. The van der Waals surface area contributed by atoms with Gasteiger partial charge in [-0.2, -0.15) is 0 Å². The molecule has 0 fully saturated rings. The molecule has 0 atom stereocenters. The van der Waals surface area contributed by atoms with Crippen LogP contribution in [-0.2, 0) is 10.0 Å². The van der Waals surface area contributed by atoms with Crippen molar-refractivity contribution >= 4 is 21.1 Å². The first-order chi connectivity index (χ1) is 12.8. The van der Waals surface area contributed by atoms with Gasteiger partial charge in [0.15, 0.2) is 6.61 Å². The van der Waals surface area contributed by atoms with E-state index < -0.39 is 10.0 Å². The summed E-state index contributed by atoms with van der Waals surface area (Å²) in [5.74, 6) is 0.807. The molecule has 0 N–H and O–H groups in total. The summed E-state index contributed by atoms with van der Waals surface area (Å²) < 4.78 is 31.5. The van der Waals surface area contributed by atoms with Crippen LogP contribution in [0, 0.1) is 13.8 Å². The lowest BCUT2D eigenvalue weighted by atomic mass is 10.1. The highest BCUT2D eigenvalue weighted by atomic mass is 32.2. The number of aryl methyl sites for hydroxylation is 2. The summed E-state index contributed by atoms with van der Waals surface area (Å²) in [7, 11) is -0.584. The summed E-state index contributed by atoms with van der Waals surface area (Å²) in [6, 6.07) is 10.6. The Kier molecular flexibility index (Phi) is 5.33. The molecule has 0 spiro atoms. The zero-order chi connectivity index (χ0) is 19.6. The summed E-state index contributed by atoms with van der Waals surface area (Å²) in [5, 5.41) is 7.91. The van der Waals surface area contributed by atoms with Crippen molar-refractivity contribution in [3.8, 4) is 5.75 Å². The van der Waals surface area contributed by atoms with Gasteiger partial charge in [-0.05, 0) is 54.5 Å². The molecule has 0 unspecified atom stereocenters. The Morgan fingerprint density at radius 1 is 1.07 bits per heavy atom. The third-order valence-electron chi connectivity index (χ3n) is 4.06. The molecule has 0 saturated carbocycles. The maximum absolute atomic E-state index is 12.3. The molecule has 144 valence electrons. The number of aromatic nitrogens is 3. The molecule has 8 nitrogen and oxygen atoms in total. The third kappa shape index (κ3) is 4.04. The van der Waals surface area contributed by atoms with E-state index in [1.54, 1.807) is 6.07 Å². The SMILES string of the molecule is Cc1ccc(C)c(OCCOn2nnc3ccc(S(=O)(=O)N(C)C)cc32)c1. The van der Waals surface area contributed by atoms with Crippen molar-refractivity contribution in [1.29, 1.82) is 0 Å². The zero-order valence-electron chi connectivity index (χ0n) is 15.7. The number of rotatable bonds is 7. The van der Waals surface area contributed by atoms with Crippen LogP contribution in [0.3, 0.4) is 0 Å². The molecular formula is C18H22N4O4S. The minimum absolute atomic E-state index is 0.152. The van der Waals surface area contributed by atoms with Crippen molar-refractivity contribution in [3.63, 3.8) is 0 Å². The lowest BCUT2D eigenvalue weighted by molar-refractivity contribution is 0.0638. The molecule has 2 aromatic carbocycles. The summed E-state index contributed by atoms with van der Waals surface area (Å²) in [6.07, 6.45) is 0. The molecule has 0 aliphatic carbocycles. The fraction of sp³-hybridized carbons (Fsp3) is 0.333. The summed E-state index contributed by atoms with van der Waals surface area (Å²) >= 11 is 0. The second-order valence-electron chi connectivity index (χ2n) is 6.35. The summed E-state index contributed by atoms with van der Waals surface area (Å²) in [4.78, 5) is 6.96. The first-order valence-electron chi connectivity index (χ1n) is 8.40. The van der Waals surface area contributed by atoms with Gasteiger partial charge < -0.3 is 9.57 Å². The Morgan fingerprint density at radius 2 is 1.85 bits per heavy atom. The van der Waals surface area contributed by atoms with Gasteiger partial charge in [0.05, 0.1) is 4.90 Å². The van der Waals surface area contributed by atoms with E-state index in [4.69, 9.17) is 9.57 Å². The fourth-order valence-electron chi connectivity index (χ4n) is 2.48. The van der Waals surface area contributed by atoms with Crippen LogP contribution in [-0.4, -0.2) is 55.2 Å². The predicted octanol–water partition coefficient (Wildman–Crippen LogP) is 1.81. The molecule has 0 amide bonds. The third-order valence-corrected chi connectivity index (χ3v) is 5.87. The lowest BCUT2D eigenvalue weighted by Gasteiger charge is -2.12. The Labute approximate surface area is 158 Å². The van der Waals surface area contributed by atoms with Crippen molar-refractivity contribution in [1.82, 2.24) is 19.5 Å². The molecule has 0 bridgehead atoms. The molecule has 0 radical (unpaired) electrons. The monoisotopic (exact) mass is 390 g/mol. The van der Waals surface area contributed by atoms with E-state index >= 15 is 0 Å². The Morgan fingerprint density at radius 3 is 2.59 bits per heavy atom. The van der Waals surface area contributed by atoms with E-state index in [1.807, 2.05) is 32.0 Å². The van der Waals surface area contributed by atoms with E-state index in [9.17, 15) is 8.42 Å². The topological polar surface area (TPSA) is 86.5 Å². The van der Waals surface area contributed by atoms with Gasteiger partial charge in [0.2, 0.25) is 10.0 Å².